The summed E-state index contributed by atoms with van der Waals surface area (Å²) in [6.45, 7) is 49.8. The van der Waals surface area contributed by atoms with E-state index in [1.165, 1.54) is 66.8 Å². The van der Waals surface area contributed by atoms with E-state index >= 15 is 0 Å². The zero-order valence-corrected chi connectivity index (χ0v) is 54.4. The molecule has 0 aliphatic heterocycles. The molecule has 6 rings (SSSR count). The summed E-state index contributed by atoms with van der Waals surface area (Å²) in [7, 11) is 12.1. The van der Waals surface area contributed by atoms with Crippen molar-refractivity contribution in [1.29, 1.82) is 0 Å². The Bertz CT molecular complexity index is 2300. The summed E-state index contributed by atoms with van der Waals surface area (Å²) >= 11 is -5.17. The average Bonchev–Trinajstić information content (AvgIpc) is 3.83. The van der Waals surface area contributed by atoms with Gasteiger partial charge in [-0.05, 0) is 0 Å². The van der Waals surface area contributed by atoms with Crippen molar-refractivity contribution in [3.63, 3.8) is 0 Å². The molecule has 0 aromatic heterocycles. The Balaban J connectivity index is 1.74. The number of halogens is 2. The maximum absolute atomic E-state index is 9.31. The van der Waals surface area contributed by atoms with Crippen LogP contribution < -0.4 is 20.7 Å². The van der Waals surface area contributed by atoms with Crippen LogP contribution in [0.2, 0.25) is 91.7 Å². The van der Waals surface area contributed by atoms with E-state index in [1.54, 1.807) is 20.7 Å². The molecule has 2 aliphatic rings. The number of aryl methyl sites for hydroxylation is 2. The summed E-state index contributed by atoms with van der Waals surface area (Å²) in [5.74, 6) is -1.05. The first-order chi connectivity index (χ1) is 30.4. The maximum atomic E-state index is 9.31. The summed E-state index contributed by atoms with van der Waals surface area (Å²) in [4.78, 5) is 0. The Kier molecular flexibility index (Phi) is 16.0. The van der Waals surface area contributed by atoms with Gasteiger partial charge in [0.05, 0.1) is 0 Å². The van der Waals surface area contributed by atoms with Crippen LogP contribution in [-0.4, -0.2) is 38.2 Å². The quantitative estimate of drug-likeness (QED) is 0.0925. The van der Waals surface area contributed by atoms with E-state index in [-0.39, 0.29) is 7.25 Å². The monoisotopic (exact) mass is 1090 g/mol. The first-order valence-corrected chi connectivity index (χ1v) is 56.4. The first-order valence-electron chi connectivity index (χ1n) is 26.1. The third kappa shape index (κ3) is 10.0. The molecule has 4 unspecified atom stereocenters. The molecule has 8 heteroatoms. The minimum atomic E-state index is -5.17. The van der Waals surface area contributed by atoms with Crippen LogP contribution in [0, 0.1) is 11.8 Å². The van der Waals surface area contributed by atoms with Crippen LogP contribution in [0.1, 0.15) is 108 Å². The normalized spacial score (nSPS) is 18.4. The molecule has 0 bridgehead atoms. The fourth-order valence-corrected chi connectivity index (χ4v) is 47.6. The molecule has 0 radical (unpaired) electrons. The molecule has 0 N–H and O–H groups in total. The van der Waals surface area contributed by atoms with Gasteiger partial charge in [0, 0.05) is 0 Å². The summed E-state index contributed by atoms with van der Waals surface area (Å²) in [6, 6.07) is 25.7. The molecule has 359 valence electrons. The predicted octanol–water partition coefficient (Wildman–Crippen LogP) is 16.8. The zero-order chi connectivity index (χ0) is 49.3. The van der Waals surface area contributed by atoms with E-state index in [9.17, 15) is 17.0 Å². The SMILES string of the molecule is CCCc1ccc2c(c1-c1cc([Si](C)(C)C)cc([Si](C)(C)C)c1)C=C(C(C)CC)[CH]2[Zr]([Cl])([Cl])([CH]1C(C(C)CC)=Cc2c1ccc(CCC)c2-c1cc([Si](C)(C)C)cc([Si](C)(C)C)c1)[SiH](C)C. The van der Waals surface area contributed by atoms with Gasteiger partial charge in [0.15, 0.2) is 0 Å². The Hall–Kier alpha value is -1.09. The van der Waals surface area contributed by atoms with Crippen LogP contribution in [0.25, 0.3) is 34.4 Å². The van der Waals surface area contributed by atoms with Crippen LogP contribution in [0.4, 0.5) is 0 Å². The number of benzene rings is 4. The third-order valence-electron chi connectivity index (χ3n) is 16.2. The van der Waals surface area contributed by atoms with E-state index in [1.807, 2.05) is 0 Å². The van der Waals surface area contributed by atoms with Crippen molar-refractivity contribution in [2.45, 2.75) is 179 Å². The van der Waals surface area contributed by atoms with Crippen molar-refractivity contribution in [2.75, 3.05) is 0 Å². The summed E-state index contributed by atoms with van der Waals surface area (Å²) in [5, 5.41) is 6.29. The summed E-state index contributed by atoms with van der Waals surface area (Å²) in [5.41, 5.74) is 17.5. The number of allylic oxidation sites excluding steroid dienone is 2. The summed E-state index contributed by atoms with van der Waals surface area (Å²) in [6.07, 6.45) is 11.8. The van der Waals surface area contributed by atoms with Crippen molar-refractivity contribution < 1.29 is 15.6 Å². The van der Waals surface area contributed by atoms with Gasteiger partial charge in [0.2, 0.25) is 0 Å². The molecule has 4 aromatic carbocycles. The Morgan fingerprint density at radius 1 is 0.500 bits per heavy atom. The third-order valence-corrected chi connectivity index (χ3v) is 75.9. The molecule has 0 saturated carbocycles. The fraction of sp³-hybridized carbons (Fsp3) is 0.517. The van der Waals surface area contributed by atoms with Gasteiger partial charge in [-0.2, -0.15) is 0 Å². The van der Waals surface area contributed by atoms with E-state index in [0.717, 1.165) is 38.5 Å². The predicted molar refractivity (Wildman–Crippen MR) is 315 cm³/mol. The van der Waals surface area contributed by atoms with Gasteiger partial charge in [-0.15, -0.1) is 0 Å². The molecule has 0 spiro atoms. The zero-order valence-electron chi connectivity index (χ0n) is 45.3. The van der Waals surface area contributed by atoms with E-state index in [4.69, 9.17) is 0 Å². The number of fused-ring (bicyclic) bond motifs is 2. The molecular weight excluding hydrogens is 999 g/mol. The van der Waals surface area contributed by atoms with Gasteiger partial charge in [-0.3, -0.25) is 0 Å². The van der Waals surface area contributed by atoms with Gasteiger partial charge >= 0.3 is 422 Å². The standard InChI is InChI=1S/2C28H41Si2.C2H7Si.2ClH.Zr/c2*1-10-12-21-13-14-22-15-23(20(3)11-2)18-27(22)28(21)24-16-25(29(4,5)6)19-26(17-24)30(7,8)9;1-3-2;;;/h2*13-20H,10-12H2,1-9H3;3H,1-2H3;2*1H;/q;;;;;+2/p-2. The van der Waals surface area contributed by atoms with Gasteiger partial charge in [-0.1, -0.05) is 0 Å². The Morgan fingerprint density at radius 3 is 1.05 bits per heavy atom. The molecular formula is C58H89Cl2Si5Zr. The second-order valence-electron chi connectivity index (χ2n) is 25.5. The van der Waals surface area contributed by atoms with Gasteiger partial charge in [-0.25, -0.2) is 0 Å². The van der Waals surface area contributed by atoms with Crippen LogP contribution in [-0.2, 0) is 28.4 Å². The average molecular weight is 1090 g/mol. The van der Waals surface area contributed by atoms with Gasteiger partial charge in [0.25, 0.3) is 0 Å². The first kappa shape index (κ1) is 54.2. The molecule has 4 aromatic rings. The number of rotatable bonds is 17. The van der Waals surface area contributed by atoms with E-state index in [2.05, 4.69) is 206 Å². The van der Waals surface area contributed by atoms with Crippen LogP contribution in [0.3, 0.4) is 0 Å². The molecule has 0 heterocycles. The Labute approximate surface area is 418 Å². The van der Waals surface area contributed by atoms with Crippen molar-refractivity contribution in [3.05, 3.63) is 105 Å². The molecule has 0 amide bonds. The molecule has 0 fully saturated rings. The number of hydrogen-bond acceptors (Lipinski definition) is 0. The summed E-state index contributed by atoms with van der Waals surface area (Å²) < 4.78 is 0.127. The fourth-order valence-electron chi connectivity index (χ4n) is 11.3. The molecule has 66 heavy (non-hydrogen) atoms. The second-order valence-corrected chi connectivity index (χ2v) is 88.3. The molecule has 0 saturated heterocycles. The minimum absolute atomic E-state index is 0.0633. The topological polar surface area (TPSA) is 0 Å². The van der Waals surface area contributed by atoms with Crippen molar-refractivity contribution in [3.8, 4) is 22.3 Å². The van der Waals surface area contributed by atoms with Crippen LogP contribution >= 0.6 is 17.0 Å². The molecule has 2 aliphatic carbocycles. The van der Waals surface area contributed by atoms with Gasteiger partial charge < -0.3 is 0 Å². The van der Waals surface area contributed by atoms with Crippen LogP contribution in [0.15, 0.2) is 71.8 Å². The second kappa shape index (κ2) is 19.5. The van der Waals surface area contributed by atoms with Crippen LogP contribution in [0.5, 0.6) is 0 Å². The van der Waals surface area contributed by atoms with Gasteiger partial charge in [0.1, 0.15) is 0 Å². The van der Waals surface area contributed by atoms with Crippen molar-refractivity contribution in [2.24, 2.45) is 11.8 Å². The van der Waals surface area contributed by atoms with E-state index in [0.29, 0.717) is 11.8 Å². The van der Waals surface area contributed by atoms with Crippen molar-refractivity contribution >= 4 is 88.1 Å². The van der Waals surface area contributed by atoms with Crippen molar-refractivity contribution in [1.82, 2.24) is 0 Å². The Morgan fingerprint density at radius 2 is 0.803 bits per heavy atom. The van der Waals surface area contributed by atoms with E-state index < -0.39 is 53.8 Å². The number of hydrogen-bond donors (Lipinski definition) is 0. The molecule has 4 atom stereocenters. The molecule has 0 nitrogen and oxygen atoms in total.